The molecule has 0 fully saturated rings. The fourth-order valence-corrected chi connectivity index (χ4v) is 1.74. The van der Waals surface area contributed by atoms with Gasteiger partial charge in [-0.3, -0.25) is 0 Å². The molecule has 3 N–H and O–H groups in total. The first-order chi connectivity index (χ1) is 9.40. The molecule has 2 nitrogen and oxygen atoms in total. The summed E-state index contributed by atoms with van der Waals surface area (Å²) in [6.45, 7) is 8.61. The number of anilines is 1. The summed E-state index contributed by atoms with van der Waals surface area (Å²) >= 11 is 0. The molecule has 0 saturated carbocycles. The number of nitrogens with two attached hydrogens (primary N) is 1. The molecule has 2 rings (SSSR count). The van der Waals surface area contributed by atoms with Crippen molar-refractivity contribution in [3.8, 4) is 5.75 Å². The van der Waals surface area contributed by atoms with Gasteiger partial charge in [0.1, 0.15) is 5.75 Å². The highest BCUT2D eigenvalue weighted by Gasteiger charge is 1.96. The van der Waals surface area contributed by atoms with Crippen molar-refractivity contribution < 1.29 is 5.11 Å². The van der Waals surface area contributed by atoms with E-state index in [1.807, 2.05) is 24.3 Å². The largest absolute Gasteiger partial charge is 0.508 e. The molecule has 0 saturated heterocycles. The Kier molecular flexibility index (Phi) is 6.10. The van der Waals surface area contributed by atoms with E-state index in [0.717, 1.165) is 5.69 Å². The van der Waals surface area contributed by atoms with Crippen LogP contribution in [0, 0.1) is 0 Å². The van der Waals surface area contributed by atoms with Gasteiger partial charge in [-0.25, -0.2) is 0 Å². The van der Waals surface area contributed by atoms with Crippen LogP contribution >= 0.6 is 0 Å². The normalized spacial score (nSPS) is 10.3. The van der Waals surface area contributed by atoms with E-state index in [4.69, 9.17) is 10.8 Å². The van der Waals surface area contributed by atoms with Crippen LogP contribution in [0.2, 0.25) is 0 Å². The Labute approximate surface area is 122 Å². The number of nitrogen functional groups attached to an aromatic ring is 1. The molecule has 0 unspecified atom stereocenters. The number of phenols is 1. The van der Waals surface area contributed by atoms with E-state index >= 15 is 0 Å². The predicted octanol–water partition coefficient (Wildman–Crippen LogP) is 4.91. The average molecular weight is 271 g/mol. The summed E-state index contributed by atoms with van der Waals surface area (Å²) in [5.41, 5.74) is 8.97. The van der Waals surface area contributed by atoms with Gasteiger partial charge in [-0.15, -0.1) is 0 Å². The summed E-state index contributed by atoms with van der Waals surface area (Å²) in [6.07, 6.45) is 0. The Hall–Kier alpha value is -1.96. The van der Waals surface area contributed by atoms with Crippen molar-refractivity contribution in [1.29, 1.82) is 0 Å². The van der Waals surface area contributed by atoms with Gasteiger partial charge >= 0.3 is 0 Å². The zero-order valence-electron chi connectivity index (χ0n) is 12.8. The van der Waals surface area contributed by atoms with E-state index < -0.39 is 0 Å². The van der Waals surface area contributed by atoms with Gasteiger partial charge in [0, 0.05) is 5.69 Å². The molecule has 2 aromatic rings. The minimum absolute atomic E-state index is 0.337. The summed E-state index contributed by atoms with van der Waals surface area (Å²) < 4.78 is 0. The van der Waals surface area contributed by atoms with Crippen molar-refractivity contribution in [2.75, 3.05) is 5.73 Å². The van der Waals surface area contributed by atoms with Gasteiger partial charge in [-0.2, -0.15) is 0 Å². The summed E-state index contributed by atoms with van der Waals surface area (Å²) in [6, 6.07) is 15.3. The second kappa shape index (κ2) is 7.59. The minimum Gasteiger partial charge on any atom is -0.508 e. The Balaban J connectivity index is 0.000000200. The fourth-order valence-electron chi connectivity index (χ4n) is 1.74. The monoisotopic (exact) mass is 271 g/mol. The highest BCUT2D eigenvalue weighted by molar-refractivity contribution is 5.39. The van der Waals surface area contributed by atoms with E-state index in [1.54, 1.807) is 12.1 Å². The van der Waals surface area contributed by atoms with Gasteiger partial charge in [-0.1, -0.05) is 52.0 Å². The van der Waals surface area contributed by atoms with Crippen LogP contribution in [0.1, 0.15) is 50.7 Å². The summed E-state index contributed by atoms with van der Waals surface area (Å²) in [5, 5.41) is 8.94. The second-order valence-corrected chi connectivity index (χ2v) is 5.57. The molecular weight excluding hydrogens is 246 g/mol. The van der Waals surface area contributed by atoms with E-state index in [-0.39, 0.29) is 0 Å². The minimum atomic E-state index is 0.337. The lowest BCUT2D eigenvalue weighted by molar-refractivity contribution is 0.475. The summed E-state index contributed by atoms with van der Waals surface area (Å²) in [5.74, 6) is 1.48. The first kappa shape index (κ1) is 16.1. The van der Waals surface area contributed by atoms with Crippen LogP contribution in [-0.4, -0.2) is 5.11 Å². The molecule has 0 aliphatic rings. The number of hydrogen-bond donors (Lipinski definition) is 2. The lowest BCUT2D eigenvalue weighted by Gasteiger charge is -2.03. The van der Waals surface area contributed by atoms with Gasteiger partial charge in [0.25, 0.3) is 0 Å². The fraction of sp³-hybridized carbons (Fsp3) is 0.333. The van der Waals surface area contributed by atoms with Crippen LogP contribution in [0.25, 0.3) is 0 Å². The molecule has 0 bridgehead atoms. The molecule has 20 heavy (non-hydrogen) atoms. The maximum atomic E-state index is 8.94. The van der Waals surface area contributed by atoms with Crippen molar-refractivity contribution in [2.24, 2.45) is 0 Å². The van der Waals surface area contributed by atoms with Crippen molar-refractivity contribution in [1.82, 2.24) is 0 Å². The highest BCUT2D eigenvalue weighted by Crippen LogP contribution is 2.17. The molecule has 0 aliphatic carbocycles. The van der Waals surface area contributed by atoms with Gasteiger partial charge in [0.05, 0.1) is 0 Å². The predicted molar refractivity (Wildman–Crippen MR) is 87.1 cm³/mol. The third-order valence-electron chi connectivity index (χ3n) is 3.16. The maximum absolute atomic E-state index is 8.94. The smallest absolute Gasteiger partial charge is 0.115 e. The SMILES string of the molecule is CC(C)c1ccc(N)cc1.CC(C)c1ccc(O)cc1. The van der Waals surface area contributed by atoms with Crippen LogP contribution in [0.15, 0.2) is 48.5 Å². The maximum Gasteiger partial charge on any atom is 0.115 e. The molecule has 0 atom stereocenters. The number of hydrogen-bond acceptors (Lipinski definition) is 2. The number of phenolic OH excluding ortho intramolecular Hbond substituents is 1. The Morgan fingerprint density at radius 3 is 1.40 bits per heavy atom. The molecule has 108 valence electrons. The van der Waals surface area contributed by atoms with Gasteiger partial charge in [0.2, 0.25) is 0 Å². The lowest BCUT2D eigenvalue weighted by atomic mass is 10.0. The molecular formula is C18H25NO. The highest BCUT2D eigenvalue weighted by atomic mass is 16.3. The standard InChI is InChI=1S/C9H13N.C9H12O/c2*1-7(2)8-3-5-9(10)6-4-8/h3-7H,10H2,1-2H3;3-7,10H,1-2H3. The quantitative estimate of drug-likeness (QED) is 0.762. The lowest BCUT2D eigenvalue weighted by Crippen LogP contribution is -1.88. The summed E-state index contributed by atoms with van der Waals surface area (Å²) in [4.78, 5) is 0. The summed E-state index contributed by atoms with van der Waals surface area (Å²) in [7, 11) is 0. The van der Waals surface area contributed by atoms with Crippen LogP contribution < -0.4 is 5.73 Å². The van der Waals surface area contributed by atoms with Gasteiger partial charge in [-0.05, 0) is 47.2 Å². The van der Waals surface area contributed by atoms with E-state index in [2.05, 4.69) is 39.8 Å². The Morgan fingerprint density at radius 2 is 1.05 bits per heavy atom. The first-order valence-electron chi connectivity index (χ1n) is 7.04. The number of benzene rings is 2. The molecule has 2 aromatic carbocycles. The van der Waals surface area contributed by atoms with Crippen molar-refractivity contribution in [3.05, 3.63) is 59.7 Å². The number of aromatic hydroxyl groups is 1. The molecule has 0 heterocycles. The first-order valence-corrected chi connectivity index (χ1v) is 7.04. The van der Waals surface area contributed by atoms with Gasteiger partial charge < -0.3 is 10.8 Å². The van der Waals surface area contributed by atoms with Crippen molar-refractivity contribution in [2.45, 2.75) is 39.5 Å². The second-order valence-electron chi connectivity index (χ2n) is 5.57. The Morgan fingerprint density at radius 1 is 0.700 bits per heavy atom. The third kappa shape index (κ3) is 5.35. The Bertz CT molecular complexity index is 448. The molecule has 0 amide bonds. The van der Waals surface area contributed by atoms with Crippen molar-refractivity contribution in [3.63, 3.8) is 0 Å². The van der Waals surface area contributed by atoms with Crippen LogP contribution in [0.3, 0.4) is 0 Å². The van der Waals surface area contributed by atoms with Gasteiger partial charge in [0.15, 0.2) is 0 Å². The topological polar surface area (TPSA) is 46.2 Å². The third-order valence-corrected chi connectivity index (χ3v) is 3.16. The zero-order chi connectivity index (χ0) is 15.1. The van der Waals surface area contributed by atoms with E-state index in [0.29, 0.717) is 17.6 Å². The zero-order valence-corrected chi connectivity index (χ0v) is 12.8. The van der Waals surface area contributed by atoms with Crippen LogP contribution in [0.5, 0.6) is 5.75 Å². The average Bonchev–Trinajstić information content (AvgIpc) is 2.40. The van der Waals surface area contributed by atoms with E-state index in [9.17, 15) is 0 Å². The van der Waals surface area contributed by atoms with Crippen molar-refractivity contribution >= 4 is 5.69 Å². The molecule has 0 aromatic heterocycles. The molecule has 0 spiro atoms. The van der Waals surface area contributed by atoms with Crippen LogP contribution in [-0.2, 0) is 0 Å². The number of rotatable bonds is 2. The molecule has 0 aliphatic heterocycles. The molecule has 2 heteroatoms. The molecule has 0 radical (unpaired) electrons. The van der Waals surface area contributed by atoms with Crippen LogP contribution in [0.4, 0.5) is 5.69 Å². The van der Waals surface area contributed by atoms with E-state index in [1.165, 1.54) is 11.1 Å².